The molecule has 1 aliphatic carbocycles. The molecular weight excluding hydrogens is 253 g/mol. The Labute approximate surface area is 112 Å². The summed E-state index contributed by atoms with van der Waals surface area (Å²) >= 11 is 5.64. The van der Waals surface area contributed by atoms with Crippen LogP contribution in [0.3, 0.4) is 0 Å². The van der Waals surface area contributed by atoms with Crippen molar-refractivity contribution in [3.8, 4) is 5.75 Å². The molecule has 1 aliphatic rings. The van der Waals surface area contributed by atoms with Crippen LogP contribution >= 0.6 is 11.6 Å². The lowest BCUT2D eigenvalue weighted by atomic mass is 9.64. The summed E-state index contributed by atoms with van der Waals surface area (Å²) in [5.41, 5.74) is 0.0616. The summed E-state index contributed by atoms with van der Waals surface area (Å²) in [4.78, 5) is 0. The van der Waals surface area contributed by atoms with E-state index in [1.165, 1.54) is 12.1 Å². The van der Waals surface area contributed by atoms with E-state index in [2.05, 4.69) is 26.1 Å². The van der Waals surface area contributed by atoms with Gasteiger partial charge < -0.3 is 10.1 Å². The summed E-state index contributed by atoms with van der Waals surface area (Å²) < 4.78 is 19.2. The van der Waals surface area contributed by atoms with E-state index in [0.29, 0.717) is 11.8 Å². The van der Waals surface area contributed by atoms with Gasteiger partial charge in [0, 0.05) is 23.9 Å². The maximum Gasteiger partial charge on any atom is 0.145 e. The molecule has 0 heterocycles. The van der Waals surface area contributed by atoms with Gasteiger partial charge in [-0.3, -0.25) is 0 Å². The molecule has 0 amide bonds. The van der Waals surface area contributed by atoms with Crippen LogP contribution in [0.1, 0.15) is 27.2 Å². The minimum atomic E-state index is -0.436. The van der Waals surface area contributed by atoms with E-state index in [9.17, 15) is 4.39 Å². The van der Waals surface area contributed by atoms with Crippen LogP contribution in [-0.4, -0.2) is 18.7 Å². The van der Waals surface area contributed by atoms with Gasteiger partial charge in [0.2, 0.25) is 0 Å². The van der Waals surface area contributed by atoms with Gasteiger partial charge in [-0.2, -0.15) is 0 Å². The van der Waals surface area contributed by atoms with E-state index < -0.39 is 5.82 Å². The molecule has 0 aliphatic heterocycles. The van der Waals surface area contributed by atoms with Crippen molar-refractivity contribution >= 4 is 11.6 Å². The Balaban J connectivity index is 2.01. The molecule has 1 fully saturated rings. The Hall–Kier alpha value is -0.800. The van der Waals surface area contributed by atoms with Gasteiger partial charge in [-0.15, -0.1) is 0 Å². The molecule has 2 atom stereocenters. The van der Waals surface area contributed by atoms with Crippen LogP contribution in [0.25, 0.3) is 0 Å². The Morgan fingerprint density at radius 3 is 2.78 bits per heavy atom. The first-order valence-electron chi connectivity index (χ1n) is 6.30. The lowest BCUT2D eigenvalue weighted by Gasteiger charge is -2.51. The SMILES string of the molecule is CCNC1CC(Oc2ccc(Cl)c(F)c2)C1(C)C. The highest BCUT2D eigenvalue weighted by Crippen LogP contribution is 2.43. The van der Waals surface area contributed by atoms with Crippen molar-refractivity contribution < 1.29 is 9.13 Å². The minimum Gasteiger partial charge on any atom is -0.490 e. The standard InChI is InChI=1S/C14H19ClFNO/c1-4-17-12-8-13(14(12,2)3)18-9-5-6-10(15)11(16)7-9/h5-7,12-13,17H,4,8H2,1-3H3. The van der Waals surface area contributed by atoms with E-state index in [1.54, 1.807) is 6.07 Å². The van der Waals surface area contributed by atoms with E-state index in [4.69, 9.17) is 16.3 Å². The maximum absolute atomic E-state index is 13.3. The smallest absolute Gasteiger partial charge is 0.145 e. The van der Waals surface area contributed by atoms with Crippen molar-refractivity contribution in [3.05, 3.63) is 29.0 Å². The van der Waals surface area contributed by atoms with Gasteiger partial charge in [0.15, 0.2) is 0 Å². The molecule has 1 saturated carbocycles. The first-order valence-corrected chi connectivity index (χ1v) is 6.68. The van der Waals surface area contributed by atoms with Crippen molar-refractivity contribution in [1.29, 1.82) is 0 Å². The van der Waals surface area contributed by atoms with Gasteiger partial charge in [-0.25, -0.2) is 4.39 Å². The summed E-state index contributed by atoms with van der Waals surface area (Å²) in [6.45, 7) is 7.39. The average Bonchev–Trinajstić information content (AvgIpc) is 2.32. The number of benzene rings is 1. The summed E-state index contributed by atoms with van der Waals surface area (Å²) in [5, 5.41) is 3.56. The number of nitrogens with one attached hydrogen (secondary N) is 1. The van der Waals surface area contributed by atoms with Crippen molar-refractivity contribution in [2.45, 2.75) is 39.3 Å². The Morgan fingerprint density at radius 1 is 1.50 bits per heavy atom. The van der Waals surface area contributed by atoms with Crippen LogP contribution in [0.15, 0.2) is 18.2 Å². The largest absolute Gasteiger partial charge is 0.490 e. The van der Waals surface area contributed by atoms with Gasteiger partial charge in [0.05, 0.1) is 5.02 Å². The van der Waals surface area contributed by atoms with E-state index in [1.807, 2.05) is 0 Å². The molecular formula is C14H19ClFNO. The maximum atomic E-state index is 13.3. The second-order valence-electron chi connectivity index (χ2n) is 5.35. The highest BCUT2D eigenvalue weighted by atomic mass is 35.5. The molecule has 2 nitrogen and oxygen atoms in total. The van der Waals surface area contributed by atoms with Crippen molar-refractivity contribution in [2.75, 3.05) is 6.54 Å². The number of rotatable bonds is 4. The molecule has 1 aromatic rings. The first-order chi connectivity index (χ1) is 8.45. The third kappa shape index (κ3) is 2.47. The van der Waals surface area contributed by atoms with Gasteiger partial charge in [0.1, 0.15) is 17.7 Å². The van der Waals surface area contributed by atoms with E-state index >= 15 is 0 Å². The molecule has 0 spiro atoms. The summed E-state index contributed by atoms with van der Waals surface area (Å²) in [7, 11) is 0. The monoisotopic (exact) mass is 271 g/mol. The van der Waals surface area contributed by atoms with Crippen LogP contribution in [0, 0.1) is 11.2 Å². The predicted octanol–water partition coefficient (Wildman–Crippen LogP) is 3.63. The Kier molecular flexibility index (Phi) is 3.83. The zero-order valence-corrected chi connectivity index (χ0v) is 11.7. The van der Waals surface area contributed by atoms with E-state index in [-0.39, 0.29) is 16.5 Å². The van der Waals surface area contributed by atoms with Crippen LogP contribution in [-0.2, 0) is 0 Å². The number of halogens is 2. The predicted molar refractivity (Wildman–Crippen MR) is 71.7 cm³/mol. The summed E-state index contributed by atoms with van der Waals surface area (Å²) in [6.07, 6.45) is 1.06. The quantitative estimate of drug-likeness (QED) is 0.903. The fourth-order valence-electron chi connectivity index (χ4n) is 2.39. The summed E-state index contributed by atoms with van der Waals surface area (Å²) in [6, 6.07) is 5.05. The molecule has 0 aromatic heterocycles. The number of hydrogen-bond acceptors (Lipinski definition) is 2. The van der Waals surface area contributed by atoms with Crippen molar-refractivity contribution in [3.63, 3.8) is 0 Å². The Morgan fingerprint density at radius 2 is 2.22 bits per heavy atom. The average molecular weight is 272 g/mol. The molecule has 4 heteroatoms. The minimum absolute atomic E-state index is 0.0616. The molecule has 1 N–H and O–H groups in total. The fourth-order valence-corrected chi connectivity index (χ4v) is 2.51. The second kappa shape index (κ2) is 5.06. The molecule has 2 rings (SSSR count). The molecule has 100 valence electrons. The molecule has 0 bridgehead atoms. The molecule has 0 radical (unpaired) electrons. The third-order valence-electron chi connectivity index (χ3n) is 3.80. The topological polar surface area (TPSA) is 21.3 Å². The zero-order chi connectivity index (χ0) is 13.3. The fraction of sp³-hybridized carbons (Fsp3) is 0.571. The van der Waals surface area contributed by atoms with Gasteiger partial charge >= 0.3 is 0 Å². The molecule has 2 unspecified atom stereocenters. The Bertz CT molecular complexity index is 436. The second-order valence-corrected chi connectivity index (χ2v) is 5.76. The van der Waals surface area contributed by atoms with Gasteiger partial charge in [-0.05, 0) is 18.7 Å². The van der Waals surface area contributed by atoms with Crippen LogP contribution < -0.4 is 10.1 Å². The zero-order valence-electron chi connectivity index (χ0n) is 11.0. The first kappa shape index (κ1) is 13.6. The van der Waals surface area contributed by atoms with Gasteiger partial charge in [-0.1, -0.05) is 32.4 Å². The van der Waals surface area contributed by atoms with Crippen molar-refractivity contribution in [2.24, 2.45) is 5.41 Å². The normalized spacial score (nSPS) is 25.6. The lowest BCUT2D eigenvalue weighted by Crippen LogP contribution is -2.62. The van der Waals surface area contributed by atoms with Crippen molar-refractivity contribution in [1.82, 2.24) is 5.32 Å². The van der Waals surface area contributed by atoms with Crippen LogP contribution in [0.4, 0.5) is 4.39 Å². The molecule has 1 aromatic carbocycles. The van der Waals surface area contributed by atoms with E-state index in [0.717, 1.165) is 13.0 Å². The molecule has 0 saturated heterocycles. The number of ether oxygens (including phenoxy) is 1. The summed E-state index contributed by atoms with van der Waals surface area (Å²) in [5.74, 6) is 0.111. The molecule has 18 heavy (non-hydrogen) atoms. The number of hydrogen-bond donors (Lipinski definition) is 1. The highest BCUT2D eigenvalue weighted by Gasteiger charge is 2.49. The van der Waals surface area contributed by atoms with Crippen LogP contribution in [0.2, 0.25) is 5.02 Å². The van der Waals surface area contributed by atoms with Crippen LogP contribution in [0.5, 0.6) is 5.75 Å². The van der Waals surface area contributed by atoms with Gasteiger partial charge in [0.25, 0.3) is 0 Å². The highest BCUT2D eigenvalue weighted by molar-refractivity contribution is 6.30. The lowest BCUT2D eigenvalue weighted by molar-refractivity contribution is -0.0542. The third-order valence-corrected chi connectivity index (χ3v) is 4.10.